The molecule has 18 heavy (non-hydrogen) atoms. The molecule has 1 rings (SSSR count). The number of aliphatic hydroxyl groups excluding tert-OH is 1. The number of benzene rings is 1. The van der Waals surface area contributed by atoms with Crippen LogP contribution in [0.15, 0.2) is 18.2 Å². The standard InChI is InChI=1S/C12H14F4O2/c1-3-18-7(2)11(17)8-4-5-9(10(13)6-8)12(14,15)16/h4-7,11,17H,3H2,1-2H3. The van der Waals surface area contributed by atoms with Gasteiger partial charge in [-0.1, -0.05) is 6.07 Å². The van der Waals surface area contributed by atoms with Gasteiger partial charge in [0.2, 0.25) is 0 Å². The van der Waals surface area contributed by atoms with Gasteiger partial charge in [0.25, 0.3) is 0 Å². The summed E-state index contributed by atoms with van der Waals surface area (Å²) in [5, 5.41) is 9.77. The Morgan fingerprint density at radius 3 is 2.39 bits per heavy atom. The van der Waals surface area contributed by atoms with E-state index in [2.05, 4.69) is 0 Å². The molecule has 0 spiro atoms. The van der Waals surface area contributed by atoms with Crippen molar-refractivity contribution >= 4 is 0 Å². The molecule has 0 aliphatic heterocycles. The minimum absolute atomic E-state index is 0.0569. The van der Waals surface area contributed by atoms with Crippen molar-refractivity contribution in [1.82, 2.24) is 0 Å². The maximum Gasteiger partial charge on any atom is 0.419 e. The molecular weight excluding hydrogens is 252 g/mol. The average Bonchev–Trinajstić information content (AvgIpc) is 2.26. The van der Waals surface area contributed by atoms with E-state index >= 15 is 0 Å². The van der Waals surface area contributed by atoms with Crippen LogP contribution in [0.1, 0.15) is 31.1 Å². The zero-order chi connectivity index (χ0) is 13.9. The zero-order valence-electron chi connectivity index (χ0n) is 9.96. The maximum absolute atomic E-state index is 13.3. The fraction of sp³-hybridized carbons (Fsp3) is 0.500. The fourth-order valence-corrected chi connectivity index (χ4v) is 1.57. The Morgan fingerprint density at radius 1 is 1.33 bits per heavy atom. The van der Waals surface area contributed by atoms with Crippen LogP contribution in [0.25, 0.3) is 0 Å². The summed E-state index contributed by atoms with van der Waals surface area (Å²) in [6.07, 6.45) is -6.52. The van der Waals surface area contributed by atoms with E-state index in [4.69, 9.17) is 4.74 Å². The largest absolute Gasteiger partial charge is 0.419 e. The van der Waals surface area contributed by atoms with Gasteiger partial charge in [-0.3, -0.25) is 0 Å². The van der Waals surface area contributed by atoms with Crippen LogP contribution >= 0.6 is 0 Å². The van der Waals surface area contributed by atoms with Gasteiger partial charge in [-0.05, 0) is 31.5 Å². The Morgan fingerprint density at radius 2 is 1.94 bits per heavy atom. The number of hydrogen-bond donors (Lipinski definition) is 1. The molecule has 0 radical (unpaired) electrons. The van der Waals surface area contributed by atoms with E-state index in [1.807, 2.05) is 0 Å². The number of halogens is 4. The molecule has 1 aromatic rings. The topological polar surface area (TPSA) is 29.5 Å². The van der Waals surface area contributed by atoms with Gasteiger partial charge in [-0.25, -0.2) is 4.39 Å². The van der Waals surface area contributed by atoms with Crippen molar-refractivity contribution in [2.75, 3.05) is 6.61 Å². The smallest absolute Gasteiger partial charge is 0.386 e. The number of hydrogen-bond acceptors (Lipinski definition) is 2. The van der Waals surface area contributed by atoms with Crippen molar-refractivity contribution in [1.29, 1.82) is 0 Å². The highest BCUT2D eigenvalue weighted by atomic mass is 19.4. The van der Waals surface area contributed by atoms with E-state index < -0.39 is 29.8 Å². The minimum atomic E-state index is -4.74. The monoisotopic (exact) mass is 266 g/mol. The maximum atomic E-state index is 13.3. The Hall–Kier alpha value is -1.14. The third-order valence-electron chi connectivity index (χ3n) is 2.51. The van der Waals surface area contributed by atoms with Crippen LogP contribution in [0.4, 0.5) is 17.6 Å². The van der Waals surface area contributed by atoms with Gasteiger partial charge in [0.05, 0.1) is 11.7 Å². The van der Waals surface area contributed by atoms with E-state index in [-0.39, 0.29) is 5.56 Å². The molecule has 0 heterocycles. The van der Waals surface area contributed by atoms with Gasteiger partial charge in [-0.2, -0.15) is 13.2 Å². The van der Waals surface area contributed by atoms with Gasteiger partial charge < -0.3 is 9.84 Å². The molecule has 2 atom stereocenters. The number of aliphatic hydroxyl groups is 1. The number of ether oxygens (including phenoxy) is 1. The summed E-state index contributed by atoms with van der Waals surface area (Å²) in [5.41, 5.74) is -1.29. The molecule has 2 unspecified atom stereocenters. The molecule has 0 saturated carbocycles. The van der Waals surface area contributed by atoms with Crippen molar-refractivity contribution in [2.24, 2.45) is 0 Å². The van der Waals surface area contributed by atoms with E-state index in [0.29, 0.717) is 18.7 Å². The third kappa shape index (κ3) is 3.43. The van der Waals surface area contributed by atoms with E-state index in [1.54, 1.807) is 13.8 Å². The molecule has 0 bridgehead atoms. The first-order chi connectivity index (χ1) is 8.27. The summed E-state index contributed by atoms with van der Waals surface area (Å²) in [6.45, 7) is 3.63. The van der Waals surface area contributed by atoms with Gasteiger partial charge in [0.1, 0.15) is 11.9 Å². The molecule has 1 N–H and O–H groups in total. The number of rotatable bonds is 4. The first-order valence-corrected chi connectivity index (χ1v) is 5.43. The molecule has 2 nitrogen and oxygen atoms in total. The lowest BCUT2D eigenvalue weighted by Crippen LogP contribution is -2.19. The molecule has 0 amide bonds. The molecule has 102 valence electrons. The SMILES string of the molecule is CCOC(C)C(O)c1ccc(C(F)(F)F)c(F)c1. The van der Waals surface area contributed by atoms with Crippen molar-refractivity contribution in [2.45, 2.75) is 32.2 Å². The van der Waals surface area contributed by atoms with Gasteiger partial charge in [0, 0.05) is 6.61 Å². The second-order valence-corrected chi connectivity index (χ2v) is 3.84. The highest BCUT2D eigenvalue weighted by Gasteiger charge is 2.34. The second kappa shape index (κ2) is 5.67. The van der Waals surface area contributed by atoms with Crippen molar-refractivity contribution in [3.63, 3.8) is 0 Å². The summed E-state index contributed by atoms with van der Waals surface area (Å²) in [4.78, 5) is 0. The summed E-state index contributed by atoms with van der Waals surface area (Å²) < 4.78 is 55.4. The third-order valence-corrected chi connectivity index (χ3v) is 2.51. The van der Waals surface area contributed by atoms with Gasteiger partial charge >= 0.3 is 6.18 Å². The van der Waals surface area contributed by atoms with Crippen LogP contribution in [-0.2, 0) is 10.9 Å². The zero-order valence-corrected chi connectivity index (χ0v) is 9.96. The van der Waals surface area contributed by atoms with E-state index in [0.717, 1.165) is 6.07 Å². The normalized spacial score (nSPS) is 15.5. The molecule has 0 aliphatic rings. The summed E-state index contributed by atoms with van der Waals surface area (Å²) in [6, 6.07) is 2.35. The minimum Gasteiger partial charge on any atom is -0.386 e. The van der Waals surface area contributed by atoms with Gasteiger partial charge in [-0.15, -0.1) is 0 Å². The fourth-order valence-electron chi connectivity index (χ4n) is 1.57. The Labute approximate surface area is 102 Å². The number of alkyl halides is 3. The first-order valence-electron chi connectivity index (χ1n) is 5.43. The summed E-state index contributed by atoms with van der Waals surface area (Å²) in [5.74, 6) is -1.40. The lowest BCUT2D eigenvalue weighted by molar-refractivity contribution is -0.140. The average molecular weight is 266 g/mol. The molecule has 0 aromatic heterocycles. The molecule has 1 aromatic carbocycles. The Balaban J connectivity index is 2.97. The predicted octanol–water partition coefficient (Wildman–Crippen LogP) is 3.30. The predicted molar refractivity (Wildman–Crippen MR) is 57.4 cm³/mol. The highest BCUT2D eigenvalue weighted by Crippen LogP contribution is 2.32. The molecule has 0 fully saturated rings. The van der Waals surface area contributed by atoms with Crippen molar-refractivity contribution in [3.05, 3.63) is 35.1 Å². The highest BCUT2D eigenvalue weighted by molar-refractivity contribution is 5.28. The van der Waals surface area contributed by atoms with Crippen LogP contribution in [0.5, 0.6) is 0 Å². The lowest BCUT2D eigenvalue weighted by atomic mass is 10.0. The first kappa shape index (κ1) is 14.9. The molecular formula is C12H14F4O2. The van der Waals surface area contributed by atoms with Crippen LogP contribution in [0.2, 0.25) is 0 Å². The van der Waals surface area contributed by atoms with Crippen LogP contribution in [0, 0.1) is 5.82 Å². The van der Waals surface area contributed by atoms with Crippen molar-refractivity contribution < 1.29 is 27.4 Å². The molecule has 6 heteroatoms. The molecule has 0 aliphatic carbocycles. The van der Waals surface area contributed by atoms with Crippen LogP contribution in [-0.4, -0.2) is 17.8 Å². The quantitative estimate of drug-likeness (QED) is 0.847. The Bertz CT molecular complexity index is 404. The molecule has 0 saturated heterocycles. The van der Waals surface area contributed by atoms with E-state index in [9.17, 15) is 22.7 Å². The van der Waals surface area contributed by atoms with Crippen molar-refractivity contribution in [3.8, 4) is 0 Å². The van der Waals surface area contributed by atoms with Gasteiger partial charge in [0.15, 0.2) is 0 Å². The second-order valence-electron chi connectivity index (χ2n) is 3.84. The van der Waals surface area contributed by atoms with Crippen LogP contribution in [0.3, 0.4) is 0 Å². The Kier molecular flexibility index (Phi) is 4.70. The summed E-state index contributed by atoms with van der Waals surface area (Å²) >= 11 is 0. The van der Waals surface area contributed by atoms with E-state index in [1.165, 1.54) is 0 Å². The van der Waals surface area contributed by atoms with Crippen LogP contribution < -0.4 is 0 Å². The lowest BCUT2D eigenvalue weighted by Gasteiger charge is -2.19. The summed E-state index contributed by atoms with van der Waals surface area (Å²) in [7, 11) is 0.